The van der Waals surface area contributed by atoms with Crippen LogP contribution in [-0.4, -0.2) is 7.11 Å². The molecular weight excluding hydrogens is 242 g/mol. The van der Waals surface area contributed by atoms with E-state index in [-0.39, 0.29) is 6.04 Å². The zero-order valence-corrected chi connectivity index (χ0v) is 11.7. The molecule has 0 spiro atoms. The highest BCUT2D eigenvalue weighted by molar-refractivity contribution is 7.10. The molecule has 0 bridgehead atoms. The van der Waals surface area contributed by atoms with E-state index >= 15 is 0 Å². The fraction of sp³-hybridized carbons (Fsp3) is 0.333. The molecule has 1 aromatic heterocycles. The Labute approximate surface area is 112 Å². The molecule has 0 amide bonds. The Hall–Kier alpha value is -1.32. The standard InChI is InChI=1S/C15H19NOS/c1-3-4-11-5-7-12(8-6-11)15(16)14-9-13(17-2)10-18-14/h5-10,15H,3-4,16H2,1-2H3. The van der Waals surface area contributed by atoms with Crippen molar-refractivity contribution < 1.29 is 4.74 Å². The van der Waals surface area contributed by atoms with Gasteiger partial charge in [0, 0.05) is 10.3 Å². The van der Waals surface area contributed by atoms with Crippen molar-refractivity contribution in [3.63, 3.8) is 0 Å². The van der Waals surface area contributed by atoms with E-state index < -0.39 is 0 Å². The minimum absolute atomic E-state index is 0.0606. The molecule has 0 saturated heterocycles. The molecule has 3 heteroatoms. The summed E-state index contributed by atoms with van der Waals surface area (Å²) in [5.41, 5.74) is 8.79. The minimum atomic E-state index is -0.0606. The number of thiophene rings is 1. The van der Waals surface area contributed by atoms with Crippen molar-refractivity contribution in [2.45, 2.75) is 25.8 Å². The van der Waals surface area contributed by atoms with Gasteiger partial charge in [0.05, 0.1) is 13.2 Å². The summed E-state index contributed by atoms with van der Waals surface area (Å²) in [6.07, 6.45) is 2.30. The molecule has 0 radical (unpaired) electrons. The van der Waals surface area contributed by atoms with Crippen molar-refractivity contribution in [1.29, 1.82) is 0 Å². The van der Waals surface area contributed by atoms with Crippen LogP contribution in [0.1, 0.15) is 35.4 Å². The summed E-state index contributed by atoms with van der Waals surface area (Å²) in [6.45, 7) is 2.19. The third kappa shape index (κ3) is 2.92. The van der Waals surface area contributed by atoms with Gasteiger partial charge in [0.1, 0.15) is 5.75 Å². The first-order valence-electron chi connectivity index (χ1n) is 6.21. The van der Waals surface area contributed by atoms with E-state index in [2.05, 4.69) is 31.2 Å². The average Bonchev–Trinajstić information content (AvgIpc) is 2.88. The van der Waals surface area contributed by atoms with Crippen molar-refractivity contribution in [1.82, 2.24) is 0 Å². The van der Waals surface area contributed by atoms with Gasteiger partial charge in [0.25, 0.3) is 0 Å². The lowest BCUT2D eigenvalue weighted by molar-refractivity contribution is 0.416. The first-order chi connectivity index (χ1) is 8.74. The highest BCUT2D eigenvalue weighted by atomic mass is 32.1. The van der Waals surface area contributed by atoms with E-state index in [1.165, 1.54) is 12.0 Å². The molecule has 0 aliphatic carbocycles. The van der Waals surface area contributed by atoms with Crippen LogP contribution in [-0.2, 0) is 6.42 Å². The molecule has 0 aliphatic rings. The highest BCUT2D eigenvalue weighted by Crippen LogP contribution is 2.29. The maximum atomic E-state index is 6.26. The number of benzene rings is 1. The maximum Gasteiger partial charge on any atom is 0.129 e. The molecule has 1 atom stereocenters. The molecule has 18 heavy (non-hydrogen) atoms. The zero-order valence-electron chi connectivity index (χ0n) is 10.8. The molecule has 0 saturated carbocycles. The molecular formula is C15H19NOS. The lowest BCUT2D eigenvalue weighted by Crippen LogP contribution is -2.10. The van der Waals surface area contributed by atoms with Gasteiger partial charge in [0.2, 0.25) is 0 Å². The largest absolute Gasteiger partial charge is 0.496 e. The van der Waals surface area contributed by atoms with E-state index in [9.17, 15) is 0 Å². The fourth-order valence-electron chi connectivity index (χ4n) is 1.95. The highest BCUT2D eigenvalue weighted by Gasteiger charge is 2.11. The summed E-state index contributed by atoms with van der Waals surface area (Å²) >= 11 is 1.64. The molecule has 1 unspecified atom stereocenters. The van der Waals surface area contributed by atoms with Gasteiger partial charge in [-0.05, 0) is 23.6 Å². The van der Waals surface area contributed by atoms with Crippen LogP contribution in [0.15, 0.2) is 35.7 Å². The van der Waals surface area contributed by atoms with E-state index in [0.717, 1.165) is 22.6 Å². The third-order valence-electron chi connectivity index (χ3n) is 3.02. The molecule has 2 aromatic rings. The monoisotopic (exact) mass is 261 g/mol. The molecule has 1 heterocycles. The Morgan fingerprint density at radius 3 is 2.56 bits per heavy atom. The minimum Gasteiger partial charge on any atom is -0.496 e. The Kier molecular flexibility index (Phi) is 4.39. The Balaban J connectivity index is 2.14. The smallest absolute Gasteiger partial charge is 0.129 e. The number of aryl methyl sites for hydroxylation is 1. The molecule has 96 valence electrons. The van der Waals surface area contributed by atoms with Crippen LogP contribution in [0.2, 0.25) is 0 Å². The van der Waals surface area contributed by atoms with E-state index in [1.807, 2.05) is 11.4 Å². The first-order valence-corrected chi connectivity index (χ1v) is 7.09. The second kappa shape index (κ2) is 6.03. The van der Waals surface area contributed by atoms with E-state index in [4.69, 9.17) is 10.5 Å². The van der Waals surface area contributed by atoms with Gasteiger partial charge >= 0.3 is 0 Å². The molecule has 0 fully saturated rings. The summed E-state index contributed by atoms with van der Waals surface area (Å²) in [5, 5.41) is 1.99. The summed E-state index contributed by atoms with van der Waals surface area (Å²) < 4.78 is 5.19. The normalized spacial score (nSPS) is 12.4. The number of methoxy groups -OCH3 is 1. The van der Waals surface area contributed by atoms with E-state index in [1.54, 1.807) is 18.4 Å². The second-order valence-electron chi connectivity index (χ2n) is 4.36. The molecule has 2 rings (SSSR count). The number of hydrogen-bond donors (Lipinski definition) is 1. The van der Waals surface area contributed by atoms with Gasteiger partial charge in [-0.1, -0.05) is 37.6 Å². The van der Waals surface area contributed by atoms with Gasteiger partial charge < -0.3 is 10.5 Å². The van der Waals surface area contributed by atoms with Crippen molar-refractivity contribution in [3.8, 4) is 5.75 Å². The fourth-order valence-corrected chi connectivity index (χ4v) is 2.83. The van der Waals surface area contributed by atoms with Crippen LogP contribution in [0.5, 0.6) is 5.75 Å². The van der Waals surface area contributed by atoms with Gasteiger partial charge in [-0.25, -0.2) is 0 Å². The Bertz CT molecular complexity index is 489. The molecule has 2 nitrogen and oxygen atoms in total. The van der Waals surface area contributed by atoms with Crippen molar-refractivity contribution in [2.24, 2.45) is 5.73 Å². The lowest BCUT2D eigenvalue weighted by atomic mass is 10.0. The van der Waals surface area contributed by atoms with Crippen LogP contribution in [0, 0.1) is 0 Å². The van der Waals surface area contributed by atoms with Crippen molar-refractivity contribution in [3.05, 3.63) is 51.7 Å². The number of hydrogen-bond acceptors (Lipinski definition) is 3. The van der Waals surface area contributed by atoms with Crippen LogP contribution in [0.25, 0.3) is 0 Å². The number of nitrogens with two attached hydrogens (primary N) is 1. The third-order valence-corrected chi connectivity index (χ3v) is 4.01. The van der Waals surface area contributed by atoms with Gasteiger partial charge in [-0.2, -0.15) is 0 Å². The van der Waals surface area contributed by atoms with Gasteiger partial charge in [-0.3, -0.25) is 0 Å². The van der Waals surface area contributed by atoms with Crippen molar-refractivity contribution in [2.75, 3.05) is 7.11 Å². The Morgan fingerprint density at radius 2 is 2.00 bits per heavy atom. The van der Waals surface area contributed by atoms with Crippen molar-refractivity contribution >= 4 is 11.3 Å². The van der Waals surface area contributed by atoms with Crippen LogP contribution < -0.4 is 10.5 Å². The average molecular weight is 261 g/mol. The van der Waals surface area contributed by atoms with Crippen LogP contribution in [0.3, 0.4) is 0 Å². The molecule has 2 N–H and O–H groups in total. The topological polar surface area (TPSA) is 35.2 Å². The maximum absolute atomic E-state index is 6.26. The predicted molar refractivity (Wildman–Crippen MR) is 77.3 cm³/mol. The van der Waals surface area contributed by atoms with Crippen LogP contribution in [0.4, 0.5) is 0 Å². The summed E-state index contributed by atoms with van der Waals surface area (Å²) in [5.74, 6) is 0.882. The van der Waals surface area contributed by atoms with Crippen LogP contribution >= 0.6 is 11.3 Å². The summed E-state index contributed by atoms with van der Waals surface area (Å²) in [7, 11) is 1.68. The van der Waals surface area contributed by atoms with Gasteiger partial charge in [0.15, 0.2) is 0 Å². The predicted octanol–water partition coefficient (Wildman–Crippen LogP) is 3.76. The summed E-state index contributed by atoms with van der Waals surface area (Å²) in [4.78, 5) is 1.13. The second-order valence-corrected chi connectivity index (χ2v) is 5.30. The Morgan fingerprint density at radius 1 is 1.28 bits per heavy atom. The zero-order chi connectivity index (χ0) is 13.0. The quantitative estimate of drug-likeness (QED) is 0.889. The first kappa shape index (κ1) is 13.1. The molecule has 1 aromatic carbocycles. The number of ether oxygens (including phenoxy) is 1. The van der Waals surface area contributed by atoms with Gasteiger partial charge in [-0.15, -0.1) is 11.3 Å². The molecule has 0 aliphatic heterocycles. The SMILES string of the molecule is CCCc1ccc(C(N)c2cc(OC)cs2)cc1. The summed E-state index contributed by atoms with van der Waals surface area (Å²) in [6, 6.07) is 10.5. The van der Waals surface area contributed by atoms with E-state index in [0.29, 0.717) is 0 Å². The number of rotatable bonds is 5. The lowest BCUT2D eigenvalue weighted by Gasteiger charge is -2.10.